The second-order valence-electron chi connectivity index (χ2n) is 5.79. The zero-order valence-corrected chi connectivity index (χ0v) is 15.4. The molecule has 0 aliphatic carbocycles. The minimum absolute atomic E-state index is 0.0575. The Balaban J connectivity index is 2.73. The van der Waals surface area contributed by atoms with Gasteiger partial charge >= 0.3 is 5.97 Å². The molecular formula is C18H21NO5S. The Morgan fingerprint density at radius 1 is 1.16 bits per heavy atom. The summed E-state index contributed by atoms with van der Waals surface area (Å²) in [6.07, 6.45) is 0. The van der Waals surface area contributed by atoms with Crippen LogP contribution in [0, 0.1) is 20.8 Å². The molecule has 2 aromatic carbocycles. The van der Waals surface area contributed by atoms with Gasteiger partial charge in [-0.2, -0.15) is 0 Å². The van der Waals surface area contributed by atoms with Gasteiger partial charge in [0.25, 0.3) is 0 Å². The molecule has 2 N–H and O–H groups in total. The lowest BCUT2D eigenvalue weighted by atomic mass is 10.1. The van der Waals surface area contributed by atoms with Crippen LogP contribution in [-0.2, 0) is 14.6 Å². The van der Waals surface area contributed by atoms with Gasteiger partial charge in [0.2, 0.25) is 9.84 Å². The van der Waals surface area contributed by atoms with Gasteiger partial charge in [-0.05, 0) is 55.7 Å². The van der Waals surface area contributed by atoms with Crippen LogP contribution < -0.4 is 10.1 Å². The van der Waals surface area contributed by atoms with Crippen LogP contribution >= 0.6 is 0 Å². The van der Waals surface area contributed by atoms with Crippen molar-refractivity contribution in [3.05, 3.63) is 47.0 Å². The fourth-order valence-corrected chi connectivity index (χ4v) is 4.52. The topological polar surface area (TPSA) is 92.7 Å². The number of ether oxygens (including phenoxy) is 1. The zero-order chi connectivity index (χ0) is 18.8. The average molecular weight is 363 g/mol. The van der Waals surface area contributed by atoms with E-state index in [1.54, 1.807) is 44.2 Å². The van der Waals surface area contributed by atoms with Crippen LogP contribution in [0.15, 0.2) is 40.1 Å². The number of hydrogen-bond donors (Lipinski definition) is 2. The highest BCUT2D eigenvalue weighted by atomic mass is 32.2. The summed E-state index contributed by atoms with van der Waals surface area (Å²) >= 11 is 0. The van der Waals surface area contributed by atoms with Crippen LogP contribution in [0.1, 0.15) is 16.7 Å². The number of hydrogen-bond acceptors (Lipinski definition) is 5. The highest BCUT2D eigenvalue weighted by molar-refractivity contribution is 7.91. The minimum Gasteiger partial charge on any atom is -0.495 e. The number of benzene rings is 2. The molecule has 2 rings (SSSR count). The van der Waals surface area contributed by atoms with Crippen LogP contribution in [0.25, 0.3) is 0 Å². The quantitative estimate of drug-likeness (QED) is 0.820. The van der Waals surface area contributed by atoms with E-state index in [1.165, 1.54) is 7.11 Å². The Morgan fingerprint density at radius 3 is 2.44 bits per heavy atom. The maximum Gasteiger partial charge on any atom is 0.322 e. The number of sulfone groups is 1. The third-order valence-electron chi connectivity index (χ3n) is 3.98. The molecule has 134 valence electrons. The molecule has 0 fully saturated rings. The van der Waals surface area contributed by atoms with E-state index in [-0.39, 0.29) is 27.8 Å². The van der Waals surface area contributed by atoms with Crippen molar-refractivity contribution in [3.63, 3.8) is 0 Å². The monoisotopic (exact) mass is 363 g/mol. The van der Waals surface area contributed by atoms with Gasteiger partial charge in [-0.25, -0.2) is 8.42 Å². The van der Waals surface area contributed by atoms with Gasteiger partial charge in [0.15, 0.2) is 0 Å². The van der Waals surface area contributed by atoms with Crippen molar-refractivity contribution < 1.29 is 23.1 Å². The van der Waals surface area contributed by atoms with Crippen molar-refractivity contribution in [2.75, 3.05) is 19.0 Å². The van der Waals surface area contributed by atoms with Crippen molar-refractivity contribution in [2.24, 2.45) is 0 Å². The third kappa shape index (κ3) is 3.76. The van der Waals surface area contributed by atoms with Gasteiger partial charge in [-0.1, -0.05) is 12.1 Å². The first-order valence-corrected chi connectivity index (χ1v) is 9.12. The number of carboxylic acid groups (broad SMARTS) is 1. The summed E-state index contributed by atoms with van der Waals surface area (Å²) in [5, 5.41) is 11.6. The third-order valence-corrected chi connectivity index (χ3v) is 5.95. The molecule has 0 amide bonds. The molecule has 6 nitrogen and oxygen atoms in total. The molecule has 2 aromatic rings. The Morgan fingerprint density at radius 2 is 1.84 bits per heavy atom. The van der Waals surface area contributed by atoms with Crippen molar-refractivity contribution in [1.82, 2.24) is 0 Å². The molecule has 0 saturated heterocycles. The Labute approximate surface area is 147 Å². The summed E-state index contributed by atoms with van der Waals surface area (Å²) in [7, 11) is -2.50. The molecule has 0 saturated carbocycles. The minimum atomic E-state index is -3.92. The Bertz CT molecular complexity index is 919. The lowest BCUT2D eigenvalue weighted by Crippen LogP contribution is -2.16. The average Bonchev–Trinajstić information content (AvgIpc) is 2.55. The lowest BCUT2D eigenvalue weighted by molar-refractivity contribution is -0.134. The molecule has 0 aliphatic heterocycles. The van der Waals surface area contributed by atoms with Crippen LogP contribution in [0.5, 0.6) is 5.75 Å². The standard InChI is InChI=1S/C18H21NO5S/c1-11-5-8-15(24-4)16(9-11)25(22,23)18-13(3)12(2)6-7-14(18)19-10-17(20)21/h5-9,19H,10H2,1-4H3,(H,20,21). The first kappa shape index (κ1) is 18.8. The van der Waals surface area contributed by atoms with Crippen LogP contribution in [0.4, 0.5) is 5.69 Å². The summed E-state index contributed by atoms with van der Waals surface area (Å²) < 4.78 is 31.9. The van der Waals surface area contributed by atoms with E-state index in [9.17, 15) is 13.2 Å². The van der Waals surface area contributed by atoms with E-state index < -0.39 is 15.8 Å². The van der Waals surface area contributed by atoms with Gasteiger partial charge in [-0.3, -0.25) is 4.79 Å². The second kappa shape index (κ2) is 7.14. The Kier molecular flexibility index (Phi) is 5.37. The first-order chi connectivity index (χ1) is 11.7. The predicted octanol–water partition coefficient (Wildman–Crippen LogP) is 2.95. The van der Waals surface area contributed by atoms with E-state index in [0.29, 0.717) is 5.56 Å². The number of carbonyl (C=O) groups is 1. The van der Waals surface area contributed by atoms with E-state index >= 15 is 0 Å². The molecule has 0 aliphatic rings. The second-order valence-corrected chi connectivity index (χ2v) is 7.64. The number of methoxy groups -OCH3 is 1. The van der Waals surface area contributed by atoms with Crippen LogP contribution in [0.2, 0.25) is 0 Å². The molecule has 0 atom stereocenters. The van der Waals surface area contributed by atoms with Gasteiger partial charge in [0.1, 0.15) is 17.2 Å². The van der Waals surface area contributed by atoms with Gasteiger partial charge in [0.05, 0.1) is 17.7 Å². The smallest absolute Gasteiger partial charge is 0.322 e. The molecule has 0 unspecified atom stereocenters. The number of aryl methyl sites for hydroxylation is 2. The van der Waals surface area contributed by atoms with Crippen molar-refractivity contribution >= 4 is 21.5 Å². The highest BCUT2D eigenvalue weighted by Crippen LogP contribution is 2.36. The van der Waals surface area contributed by atoms with E-state index in [4.69, 9.17) is 9.84 Å². The summed E-state index contributed by atoms with van der Waals surface area (Å²) in [5.41, 5.74) is 2.41. The van der Waals surface area contributed by atoms with E-state index in [1.807, 2.05) is 6.92 Å². The molecule has 0 aromatic heterocycles. The SMILES string of the molecule is COc1ccc(C)cc1S(=O)(=O)c1c(NCC(=O)O)ccc(C)c1C. The van der Waals surface area contributed by atoms with Crippen LogP contribution in [-0.4, -0.2) is 33.1 Å². The van der Waals surface area contributed by atoms with Gasteiger partial charge in [0, 0.05) is 0 Å². The normalized spacial score (nSPS) is 11.2. The maximum atomic E-state index is 13.3. The molecule has 0 spiro atoms. The van der Waals surface area contributed by atoms with Gasteiger partial charge in [-0.15, -0.1) is 0 Å². The fraction of sp³-hybridized carbons (Fsp3) is 0.278. The number of aliphatic carboxylic acids is 1. The summed E-state index contributed by atoms with van der Waals surface area (Å²) in [5.74, 6) is -0.828. The molecule has 0 radical (unpaired) electrons. The predicted molar refractivity (Wildman–Crippen MR) is 95.2 cm³/mol. The molecule has 7 heteroatoms. The summed E-state index contributed by atoms with van der Waals surface area (Å²) in [6.45, 7) is 4.93. The number of rotatable bonds is 6. The largest absolute Gasteiger partial charge is 0.495 e. The Hall–Kier alpha value is -2.54. The van der Waals surface area contributed by atoms with Crippen molar-refractivity contribution in [1.29, 1.82) is 0 Å². The molecule has 25 heavy (non-hydrogen) atoms. The fourth-order valence-electron chi connectivity index (χ4n) is 2.55. The number of anilines is 1. The molecule has 0 bridgehead atoms. The van der Waals surface area contributed by atoms with Crippen molar-refractivity contribution in [3.8, 4) is 5.75 Å². The molecular weight excluding hydrogens is 342 g/mol. The lowest BCUT2D eigenvalue weighted by Gasteiger charge is -2.18. The number of nitrogens with one attached hydrogen (secondary N) is 1. The summed E-state index contributed by atoms with van der Waals surface area (Å²) in [6, 6.07) is 8.27. The van der Waals surface area contributed by atoms with Crippen molar-refractivity contribution in [2.45, 2.75) is 30.6 Å². The van der Waals surface area contributed by atoms with Gasteiger partial charge < -0.3 is 15.2 Å². The van der Waals surface area contributed by atoms with E-state index in [0.717, 1.165) is 11.1 Å². The number of carboxylic acids is 1. The van der Waals surface area contributed by atoms with Crippen LogP contribution in [0.3, 0.4) is 0 Å². The van der Waals surface area contributed by atoms with E-state index in [2.05, 4.69) is 5.32 Å². The highest BCUT2D eigenvalue weighted by Gasteiger charge is 2.28. The maximum absolute atomic E-state index is 13.3. The zero-order valence-electron chi connectivity index (χ0n) is 14.6. The first-order valence-electron chi connectivity index (χ1n) is 7.64. The summed E-state index contributed by atoms with van der Waals surface area (Å²) in [4.78, 5) is 11.0. The molecule has 0 heterocycles.